The average molecular weight is 573 g/mol. The van der Waals surface area contributed by atoms with Crippen LogP contribution in [0.1, 0.15) is 56.0 Å². The minimum atomic E-state index is -1.03. The highest BCUT2D eigenvalue weighted by atomic mass is 35.5. The van der Waals surface area contributed by atoms with E-state index in [1.54, 1.807) is 18.3 Å². The van der Waals surface area contributed by atoms with E-state index in [2.05, 4.69) is 53.1 Å². The Morgan fingerprint density at radius 1 is 1.17 bits per heavy atom. The van der Waals surface area contributed by atoms with E-state index in [0.29, 0.717) is 11.5 Å². The Balaban J connectivity index is 1.27. The second-order valence-corrected chi connectivity index (χ2v) is 11.8. The maximum Gasteiger partial charge on any atom is 0.339 e. The molecule has 0 saturated heterocycles. The van der Waals surface area contributed by atoms with Gasteiger partial charge in [-0.25, -0.2) is 9.78 Å². The monoisotopic (exact) mass is 572 g/mol. The molecule has 8 heteroatoms. The number of fused-ring (bicyclic) bond motifs is 1. The van der Waals surface area contributed by atoms with Gasteiger partial charge in [-0.05, 0) is 79.1 Å². The van der Waals surface area contributed by atoms with Crippen molar-refractivity contribution in [1.82, 2.24) is 15.3 Å². The first-order chi connectivity index (χ1) is 19.7. The van der Waals surface area contributed by atoms with E-state index in [-0.39, 0.29) is 11.0 Å². The normalized spacial score (nSPS) is 14.8. The summed E-state index contributed by atoms with van der Waals surface area (Å²) in [5, 5.41) is 15.1. The number of pyridine rings is 1. The van der Waals surface area contributed by atoms with Crippen molar-refractivity contribution >= 4 is 39.9 Å². The van der Waals surface area contributed by atoms with E-state index >= 15 is 0 Å². The smallest absolute Gasteiger partial charge is 0.339 e. The van der Waals surface area contributed by atoms with Crippen molar-refractivity contribution in [2.75, 3.05) is 31.1 Å². The second-order valence-electron chi connectivity index (χ2n) is 11.4. The molecule has 1 aliphatic rings. The highest BCUT2D eigenvalue weighted by molar-refractivity contribution is 6.30. The first kappa shape index (κ1) is 28.7. The van der Waals surface area contributed by atoms with Crippen molar-refractivity contribution < 1.29 is 14.6 Å². The minimum Gasteiger partial charge on any atom is -0.478 e. The van der Waals surface area contributed by atoms with Crippen LogP contribution in [-0.4, -0.2) is 47.2 Å². The standard InChI is InChI=1S/C33H37ClN4O3/c1-4-38(16-15-35-20-24-11-13-33(2,3)19-29(24)22-5-7-25(34)8-6-22)26-9-10-28(32(39)40)30(18-26)41-27-17-23-12-14-36-31(23)37-21-27/h5-10,12,14,17-18,21,35H,4,11,13,15-16,19-20H2,1-3H3,(H,36,37)(H,39,40). The second kappa shape index (κ2) is 12.4. The fourth-order valence-corrected chi connectivity index (χ4v) is 5.60. The van der Waals surface area contributed by atoms with Gasteiger partial charge in [0, 0.05) is 54.5 Å². The summed E-state index contributed by atoms with van der Waals surface area (Å²) in [5.41, 5.74) is 6.20. The van der Waals surface area contributed by atoms with E-state index in [9.17, 15) is 9.90 Å². The summed E-state index contributed by atoms with van der Waals surface area (Å²) in [6, 6.07) is 17.2. The maximum absolute atomic E-state index is 11.9. The molecule has 0 radical (unpaired) electrons. The van der Waals surface area contributed by atoms with Crippen LogP contribution in [0.2, 0.25) is 5.02 Å². The number of aromatic carboxylic acids is 1. The van der Waals surface area contributed by atoms with Gasteiger partial charge in [-0.3, -0.25) is 0 Å². The van der Waals surface area contributed by atoms with Gasteiger partial charge < -0.3 is 25.0 Å². The number of benzene rings is 2. The highest BCUT2D eigenvalue weighted by Gasteiger charge is 2.27. The molecule has 0 saturated carbocycles. The van der Waals surface area contributed by atoms with Crippen molar-refractivity contribution in [3.63, 3.8) is 0 Å². The number of H-pyrrole nitrogens is 1. The lowest BCUT2D eigenvalue weighted by Crippen LogP contribution is -2.33. The molecule has 0 atom stereocenters. The summed E-state index contributed by atoms with van der Waals surface area (Å²) in [4.78, 5) is 21.6. The van der Waals surface area contributed by atoms with Gasteiger partial charge in [0.15, 0.2) is 0 Å². The number of anilines is 1. The number of aromatic nitrogens is 2. The lowest BCUT2D eigenvalue weighted by molar-refractivity contribution is 0.0694. The predicted molar refractivity (Wildman–Crippen MR) is 166 cm³/mol. The van der Waals surface area contributed by atoms with Crippen LogP contribution in [0.15, 0.2) is 72.6 Å². The van der Waals surface area contributed by atoms with Gasteiger partial charge in [-0.1, -0.05) is 43.2 Å². The summed E-state index contributed by atoms with van der Waals surface area (Å²) < 4.78 is 6.05. The van der Waals surface area contributed by atoms with Crippen LogP contribution in [0.25, 0.3) is 16.6 Å². The van der Waals surface area contributed by atoms with Gasteiger partial charge in [0.05, 0.1) is 6.20 Å². The molecular weight excluding hydrogens is 536 g/mol. The molecule has 7 nitrogen and oxygen atoms in total. The number of allylic oxidation sites excluding steroid dienone is 1. The van der Waals surface area contributed by atoms with E-state index < -0.39 is 5.97 Å². The Kier molecular flexibility index (Phi) is 8.66. The fraction of sp³-hybridized carbons (Fsp3) is 0.333. The zero-order valence-corrected chi connectivity index (χ0v) is 24.6. The van der Waals surface area contributed by atoms with Crippen LogP contribution in [-0.2, 0) is 0 Å². The Hall–Kier alpha value is -3.81. The Labute approximate surface area is 246 Å². The number of hydrogen-bond donors (Lipinski definition) is 3. The summed E-state index contributed by atoms with van der Waals surface area (Å²) in [6.45, 7) is 9.96. The number of aromatic amines is 1. The first-order valence-electron chi connectivity index (χ1n) is 14.1. The molecule has 0 aliphatic heterocycles. The number of hydrogen-bond acceptors (Lipinski definition) is 5. The maximum atomic E-state index is 11.9. The highest BCUT2D eigenvalue weighted by Crippen LogP contribution is 2.43. The van der Waals surface area contributed by atoms with Crippen LogP contribution >= 0.6 is 11.6 Å². The SMILES string of the molecule is CCN(CCNCC1=C(c2ccc(Cl)cc2)CC(C)(C)CC1)c1ccc(C(=O)O)c(Oc2cnc3[nH]ccc3c2)c1. The average Bonchev–Trinajstić information content (AvgIpc) is 3.42. The number of ether oxygens (including phenoxy) is 1. The third-order valence-electron chi connectivity index (χ3n) is 7.82. The van der Waals surface area contributed by atoms with Crippen LogP contribution in [0.3, 0.4) is 0 Å². The summed E-state index contributed by atoms with van der Waals surface area (Å²) in [7, 11) is 0. The van der Waals surface area contributed by atoms with Gasteiger partial charge >= 0.3 is 5.97 Å². The number of nitrogens with one attached hydrogen (secondary N) is 2. The van der Waals surface area contributed by atoms with Crippen LogP contribution < -0.4 is 15.0 Å². The van der Waals surface area contributed by atoms with Gasteiger partial charge in [-0.2, -0.15) is 0 Å². The quantitative estimate of drug-likeness (QED) is 0.159. The summed E-state index contributed by atoms with van der Waals surface area (Å²) in [5.74, 6) is -0.255. The Morgan fingerprint density at radius 3 is 2.73 bits per heavy atom. The molecule has 214 valence electrons. The zero-order valence-electron chi connectivity index (χ0n) is 23.8. The van der Waals surface area contributed by atoms with Crippen molar-refractivity contribution in [3.05, 3.63) is 88.7 Å². The molecule has 4 aromatic rings. The van der Waals surface area contributed by atoms with Crippen molar-refractivity contribution in [2.45, 2.75) is 40.0 Å². The Bertz CT molecular complexity index is 1560. The number of halogens is 1. The number of carboxylic acid groups (broad SMARTS) is 1. The molecule has 2 aromatic heterocycles. The molecule has 1 aliphatic carbocycles. The molecule has 41 heavy (non-hydrogen) atoms. The van der Waals surface area contributed by atoms with Gasteiger partial charge in [-0.15, -0.1) is 0 Å². The summed E-state index contributed by atoms with van der Waals surface area (Å²) >= 11 is 6.16. The van der Waals surface area contributed by atoms with Crippen LogP contribution in [0.4, 0.5) is 5.69 Å². The number of nitrogens with zero attached hydrogens (tertiary/aromatic N) is 2. The molecule has 2 aromatic carbocycles. The molecule has 5 rings (SSSR count). The van der Waals surface area contributed by atoms with Crippen LogP contribution in [0.5, 0.6) is 11.5 Å². The van der Waals surface area contributed by atoms with E-state index in [0.717, 1.165) is 60.8 Å². The molecule has 2 heterocycles. The first-order valence-corrected chi connectivity index (χ1v) is 14.5. The lowest BCUT2D eigenvalue weighted by atomic mass is 9.72. The van der Waals surface area contributed by atoms with Gasteiger partial charge in [0.25, 0.3) is 0 Å². The topological polar surface area (TPSA) is 90.5 Å². The lowest BCUT2D eigenvalue weighted by Gasteiger charge is -2.34. The molecule has 0 unspecified atom stereocenters. The van der Waals surface area contributed by atoms with Crippen molar-refractivity contribution in [2.24, 2.45) is 5.41 Å². The zero-order chi connectivity index (χ0) is 29.0. The molecular formula is C33H37ClN4O3. The molecule has 0 fully saturated rings. The van der Waals surface area contributed by atoms with Crippen LogP contribution in [0, 0.1) is 5.41 Å². The minimum absolute atomic E-state index is 0.110. The fourth-order valence-electron chi connectivity index (χ4n) is 5.48. The number of carbonyl (C=O) groups is 1. The van der Waals surface area contributed by atoms with E-state index in [4.69, 9.17) is 16.3 Å². The third kappa shape index (κ3) is 6.92. The number of carboxylic acids is 1. The number of rotatable bonds is 11. The largest absolute Gasteiger partial charge is 0.478 e. The van der Waals surface area contributed by atoms with Gasteiger partial charge in [0.2, 0.25) is 0 Å². The van der Waals surface area contributed by atoms with E-state index in [1.165, 1.54) is 23.1 Å². The summed E-state index contributed by atoms with van der Waals surface area (Å²) in [6.07, 6.45) is 6.71. The molecule has 0 amide bonds. The Morgan fingerprint density at radius 2 is 1.98 bits per heavy atom. The van der Waals surface area contributed by atoms with Gasteiger partial charge in [0.1, 0.15) is 22.7 Å². The predicted octanol–water partition coefficient (Wildman–Crippen LogP) is 7.79. The molecule has 0 bridgehead atoms. The van der Waals surface area contributed by atoms with Crippen molar-refractivity contribution in [1.29, 1.82) is 0 Å². The third-order valence-corrected chi connectivity index (χ3v) is 8.07. The molecule has 0 spiro atoms. The van der Waals surface area contributed by atoms with E-state index in [1.807, 2.05) is 36.5 Å². The number of likely N-dealkylation sites (N-methyl/N-ethyl adjacent to an activating group) is 1. The van der Waals surface area contributed by atoms with Crippen molar-refractivity contribution in [3.8, 4) is 11.5 Å². The molecule has 3 N–H and O–H groups in total.